The smallest absolute Gasteiger partial charge is 0.0579 e. The first-order chi connectivity index (χ1) is 42.7. The average Bonchev–Trinajstić information content (AvgIpc) is 2.18. The van der Waals surface area contributed by atoms with Gasteiger partial charge in [0, 0.05) is 0 Å². The Balaban J connectivity index is 6.93. The van der Waals surface area contributed by atoms with Crippen molar-refractivity contribution >= 4 is 88.8 Å². The van der Waals surface area contributed by atoms with Gasteiger partial charge in [-0.25, -0.2) is 0 Å². The van der Waals surface area contributed by atoms with Gasteiger partial charge in [-0.2, -0.15) is 0 Å². The van der Waals surface area contributed by atoms with Gasteiger partial charge >= 0.3 is 0 Å². The fourth-order valence-corrected chi connectivity index (χ4v) is 57.7. The molecule has 0 radical (unpaired) electrons. The van der Waals surface area contributed by atoms with E-state index >= 15 is 0 Å². The fraction of sp³-hybridized carbons (Fsp3) is 0.700. The Morgan fingerprint density at radius 3 is 0.418 bits per heavy atom. The molecule has 0 nitrogen and oxygen atoms in total. The number of hydrogen-bond acceptors (Lipinski definition) is 0. The molecule has 0 spiro atoms. The summed E-state index contributed by atoms with van der Waals surface area (Å²) in [6.45, 7) is 86.5. The maximum absolute atomic E-state index is 4.38. The van der Waals surface area contributed by atoms with Crippen molar-refractivity contribution in [3.63, 3.8) is 0 Å². The van der Waals surface area contributed by atoms with Crippen molar-refractivity contribution in [2.45, 2.75) is 349 Å². The lowest BCUT2D eigenvalue weighted by molar-refractivity contribution is 0.851. The van der Waals surface area contributed by atoms with Crippen LogP contribution in [0.5, 0.6) is 0 Å². The van der Waals surface area contributed by atoms with Crippen molar-refractivity contribution in [1.29, 1.82) is 0 Å². The molecule has 4 unspecified atom stereocenters. The van der Waals surface area contributed by atoms with Crippen LogP contribution in [0.4, 0.5) is 0 Å². The summed E-state index contributed by atoms with van der Waals surface area (Å²) >= 11 is 0. The van der Waals surface area contributed by atoms with E-state index in [-0.39, 0.29) is 0 Å². The Morgan fingerprint density at radius 1 is 0.176 bits per heavy atom. The van der Waals surface area contributed by atoms with E-state index in [1.54, 1.807) is 48.4 Å². The van der Waals surface area contributed by atoms with Crippen molar-refractivity contribution < 1.29 is 0 Å². The molecule has 0 aromatic rings. The van der Waals surface area contributed by atoms with Gasteiger partial charge in [0.1, 0.15) is 0 Å². The van der Waals surface area contributed by atoms with Crippen LogP contribution in [-0.4, -0.2) is 88.8 Å². The van der Waals surface area contributed by atoms with Gasteiger partial charge in [-0.05, 0) is 72.5 Å². The van der Waals surface area contributed by atoms with Crippen LogP contribution in [0.2, 0.25) is 271 Å². The Hall–Kier alpha value is -0.734. The third kappa shape index (κ3) is 38.3. The van der Waals surface area contributed by atoms with E-state index in [1.807, 2.05) is 0 Å². The van der Waals surface area contributed by atoms with Gasteiger partial charge in [-0.1, -0.05) is 349 Å². The third-order valence-electron chi connectivity index (χ3n) is 24.6. The van der Waals surface area contributed by atoms with Crippen LogP contribution < -0.4 is 0 Å². The van der Waals surface area contributed by atoms with Crippen LogP contribution in [-0.2, 0) is 0 Å². The van der Waals surface area contributed by atoms with Crippen molar-refractivity contribution in [2.24, 2.45) is 0 Å². The van der Waals surface area contributed by atoms with Gasteiger partial charge in [0.15, 0.2) is 0 Å². The quantitative estimate of drug-likeness (QED) is 0.0421. The summed E-state index contributed by atoms with van der Waals surface area (Å²) in [5.74, 6) is 0. The number of rotatable bonds is 65. The van der Waals surface area contributed by atoms with E-state index in [1.165, 1.54) is 209 Å². The van der Waals surface area contributed by atoms with Gasteiger partial charge < -0.3 is 0 Å². The minimum atomic E-state index is -1.51. The zero-order chi connectivity index (χ0) is 69.3. The predicted octanol–water partition coefficient (Wildman–Crippen LogP) is 30.4. The molecule has 0 amide bonds. The zero-order valence-electron chi connectivity index (χ0n) is 64.2. The molecule has 91 heavy (non-hydrogen) atoms. The topological polar surface area (TPSA) is 0 Å². The van der Waals surface area contributed by atoms with Crippen molar-refractivity contribution in [3.8, 4) is 0 Å². The Labute approximate surface area is 584 Å². The predicted molar refractivity (Wildman–Crippen MR) is 465 cm³/mol. The molecule has 0 aliphatic carbocycles. The van der Waals surface area contributed by atoms with Crippen LogP contribution in [0.3, 0.4) is 0 Å². The molecular weight excluding hydrogens is 1270 g/mol. The second-order valence-electron chi connectivity index (χ2n) is 35.4. The third-order valence-corrected chi connectivity index (χ3v) is 73.7. The molecule has 0 saturated heterocycles. The highest BCUT2D eigenvalue weighted by Crippen LogP contribution is 2.42. The summed E-state index contributed by atoms with van der Waals surface area (Å²) in [6, 6.07) is 44.9. The lowest BCUT2D eigenvalue weighted by atomic mass is 10.5. The lowest BCUT2D eigenvalue weighted by Crippen LogP contribution is -2.38. The molecule has 524 valence electrons. The lowest BCUT2D eigenvalue weighted by Gasteiger charge is -2.37. The highest BCUT2D eigenvalue weighted by atomic mass is 28.3. The summed E-state index contributed by atoms with van der Waals surface area (Å²) in [6.07, 6.45) is 41.4. The minimum absolute atomic E-state index is 0.845. The first-order valence-electron chi connectivity index (χ1n) is 38.1. The maximum atomic E-state index is 4.38. The van der Waals surface area contributed by atoms with E-state index in [9.17, 15) is 0 Å². The maximum Gasteiger partial charge on any atom is 0.0579 e. The molecule has 0 bridgehead atoms. The highest BCUT2D eigenvalue weighted by Gasteiger charge is 2.39. The largest absolute Gasteiger partial charge is 0.103 e. The highest BCUT2D eigenvalue weighted by molar-refractivity contribution is 6.85. The molecule has 4 atom stereocenters. The second kappa shape index (κ2) is 46.5. The zero-order valence-corrected chi connectivity index (χ0v) is 75.2. The summed E-state index contributed by atoms with van der Waals surface area (Å²) < 4.78 is 0. The molecule has 0 N–H and O–H groups in total. The molecule has 0 aliphatic heterocycles. The van der Waals surface area contributed by atoms with E-state index in [2.05, 4.69) is 238 Å². The van der Waals surface area contributed by atoms with Crippen molar-refractivity contribution in [3.05, 3.63) is 152 Å². The van der Waals surface area contributed by atoms with Crippen LogP contribution in [0, 0.1) is 0 Å². The Morgan fingerprint density at radius 2 is 0.286 bits per heavy atom. The molecular formula is C80H160Si11. The molecule has 0 aromatic carbocycles. The Bertz CT molecular complexity index is 1820. The second-order valence-corrected chi connectivity index (χ2v) is 90.9. The van der Waals surface area contributed by atoms with Crippen LogP contribution in [0.15, 0.2) is 152 Å². The van der Waals surface area contributed by atoms with E-state index in [0.29, 0.717) is 0 Å². The molecule has 0 rings (SSSR count). The summed E-state index contributed by atoms with van der Waals surface area (Å²) in [4.78, 5) is 0. The fourth-order valence-electron chi connectivity index (χ4n) is 17.5. The summed E-state index contributed by atoms with van der Waals surface area (Å²) in [5, 5.41) is 0. The van der Waals surface area contributed by atoms with Gasteiger partial charge in [-0.15, -0.1) is 78.9 Å². The minimum Gasteiger partial charge on any atom is -0.103 e. The van der Waals surface area contributed by atoms with Crippen LogP contribution >= 0.6 is 0 Å². The Kier molecular flexibility index (Phi) is 46.1. The normalized spacial score (nSPS) is 17.1. The number of allylic oxidation sites excluding steroid dienone is 12. The van der Waals surface area contributed by atoms with Gasteiger partial charge in [0.2, 0.25) is 0 Å². The van der Waals surface area contributed by atoms with E-state index in [0.717, 1.165) is 5.54 Å². The molecule has 0 heterocycles. The van der Waals surface area contributed by atoms with Crippen LogP contribution in [0.1, 0.15) is 78.1 Å². The van der Waals surface area contributed by atoms with E-state index < -0.39 is 88.8 Å². The standard InChI is InChI=1S/C80H160Si11/c1-26-48-81(15,49-27-2)60-38-64-85(19,56-34-9)68-42-72-89(23,73-43-69-86(20,57-35-10)65-39-61-82(16,50-28-3)51-29-4)76-46-78-91(25,80(13)14)79-47-77-90(24,74-44-70-87(21,58-36-11)66-40-62-83(17,52-30-5)53-31-6)75-45-71-88(22,59-37-12)67-41-63-84(18,54-32-7)55-33-8/h26-37,80H,1-12,38-79H2,13-25H3. The van der Waals surface area contributed by atoms with Gasteiger partial charge in [0.05, 0.1) is 88.8 Å². The monoisotopic (exact) mass is 1430 g/mol. The van der Waals surface area contributed by atoms with Gasteiger partial charge in [-0.3, -0.25) is 0 Å². The molecule has 0 aromatic heterocycles. The first kappa shape index (κ1) is 90.3. The molecule has 0 aliphatic rings. The van der Waals surface area contributed by atoms with Crippen LogP contribution in [0.25, 0.3) is 0 Å². The van der Waals surface area contributed by atoms with Crippen molar-refractivity contribution in [1.82, 2.24) is 0 Å². The number of hydrogen-bond donors (Lipinski definition) is 0. The van der Waals surface area contributed by atoms with Gasteiger partial charge in [0.25, 0.3) is 0 Å². The summed E-state index contributed by atoms with van der Waals surface area (Å²) in [7, 11) is -15.7. The van der Waals surface area contributed by atoms with E-state index in [4.69, 9.17) is 0 Å². The average molecular weight is 1430 g/mol. The SMILES string of the molecule is C=CC[Si](C)(CC=C)CCC[Si](C)(CC=C)CCC[Si](C)(CCC[Si](C)(CC=C)CCC[Si](C)(CC=C)CC=C)CCC[Si](C)(CCC[Si](C)(CCC[Si](C)(CC=C)CCC[Si](C)(CC=C)CC=C)CCC[Si](C)(CC=C)CCC[Si](C)(CC=C)CC=C)C(C)C. The molecule has 0 fully saturated rings. The molecule has 11 heteroatoms. The van der Waals surface area contributed by atoms with Crippen molar-refractivity contribution in [2.75, 3.05) is 0 Å². The first-order valence-corrected chi connectivity index (χ1v) is 72.3. The molecule has 0 saturated carbocycles. The summed E-state index contributed by atoms with van der Waals surface area (Å²) in [5.41, 5.74) is 0.845.